The summed E-state index contributed by atoms with van der Waals surface area (Å²) in [6.45, 7) is 0. The number of non-ortho nitro benzene ring substituents is 1. The van der Waals surface area contributed by atoms with Gasteiger partial charge in [-0.25, -0.2) is 4.79 Å². The number of carbonyl (C=O) groups is 1. The summed E-state index contributed by atoms with van der Waals surface area (Å²) < 4.78 is 5.16. The molecule has 0 N–H and O–H groups in total. The van der Waals surface area contributed by atoms with E-state index in [2.05, 4.69) is 0 Å². The summed E-state index contributed by atoms with van der Waals surface area (Å²) in [5.74, 6) is -0.218. The monoisotopic (exact) mass is 289 g/mol. The van der Waals surface area contributed by atoms with Crippen LogP contribution in [0.15, 0.2) is 53.4 Å². The Morgan fingerprint density at radius 2 is 1.90 bits per heavy atom. The van der Waals surface area contributed by atoms with Gasteiger partial charge in [-0.2, -0.15) is 0 Å². The number of esters is 1. The smallest absolute Gasteiger partial charge is 0.343 e. The first-order valence-corrected chi connectivity index (χ1v) is 6.93. The SMILES string of the molecule is CSc1ccc(OC(=O)c2cccc([N+](=O)[O-])c2)cc1. The molecule has 0 spiro atoms. The standard InChI is InChI=1S/C14H11NO4S/c1-20-13-7-5-12(6-8-13)19-14(16)10-3-2-4-11(9-10)15(17)18/h2-9H,1H3. The van der Waals surface area contributed by atoms with Gasteiger partial charge in [0.15, 0.2) is 0 Å². The predicted molar refractivity (Wildman–Crippen MR) is 76.3 cm³/mol. The number of nitrogens with zero attached hydrogens (tertiary/aromatic N) is 1. The van der Waals surface area contributed by atoms with Crippen LogP contribution >= 0.6 is 11.8 Å². The van der Waals surface area contributed by atoms with Gasteiger partial charge in [-0.15, -0.1) is 11.8 Å². The van der Waals surface area contributed by atoms with Crippen molar-refractivity contribution in [2.24, 2.45) is 0 Å². The minimum Gasteiger partial charge on any atom is -0.423 e. The molecule has 0 radical (unpaired) electrons. The zero-order valence-electron chi connectivity index (χ0n) is 10.6. The van der Waals surface area contributed by atoms with Crippen molar-refractivity contribution in [3.05, 3.63) is 64.2 Å². The quantitative estimate of drug-likeness (QED) is 0.283. The van der Waals surface area contributed by atoms with E-state index in [0.717, 1.165) is 4.90 Å². The van der Waals surface area contributed by atoms with Crippen molar-refractivity contribution in [2.45, 2.75) is 4.90 Å². The van der Waals surface area contributed by atoms with Crippen LogP contribution in [0.25, 0.3) is 0 Å². The molecule has 0 unspecified atom stereocenters. The molecule has 0 aliphatic carbocycles. The Morgan fingerprint density at radius 1 is 1.20 bits per heavy atom. The van der Waals surface area contributed by atoms with Gasteiger partial charge in [0.2, 0.25) is 0 Å². The second-order valence-corrected chi connectivity index (χ2v) is 4.75. The molecule has 0 fully saturated rings. The maximum absolute atomic E-state index is 11.9. The Hall–Kier alpha value is -2.34. The van der Waals surface area contributed by atoms with E-state index in [9.17, 15) is 14.9 Å². The van der Waals surface area contributed by atoms with Gasteiger partial charge in [-0.3, -0.25) is 10.1 Å². The highest BCUT2D eigenvalue weighted by atomic mass is 32.2. The Morgan fingerprint density at radius 3 is 2.50 bits per heavy atom. The molecule has 6 heteroatoms. The lowest BCUT2D eigenvalue weighted by atomic mass is 10.2. The van der Waals surface area contributed by atoms with Crippen molar-refractivity contribution in [1.82, 2.24) is 0 Å². The van der Waals surface area contributed by atoms with E-state index in [1.807, 2.05) is 18.4 Å². The maximum Gasteiger partial charge on any atom is 0.343 e. The van der Waals surface area contributed by atoms with Crippen LogP contribution in [0.4, 0.5) is 5.69 Å². The van der Waals surface area contributed by atoms with E-state index in [0.29, 0.717) is 5.75 Å². The van der Waals surface area contributed by atoms with Crippen molar-refractivity contribution in [1.29, 1.82) is 0 Å². The average molecular weight is 289 g/mol. The highest BCUT2D eigenvalue weighted by Gasteiger charge is 2.13. The lowest BCUT2D eigenvalue weighted by Gasteiger charge is -2.04. The lowest BCUT2D eigenvalue weighted by Crippen LogP contribution is -2.08. The Balaban J connectivity index is 2.14. The van der Waals surface area contributed by atoms with E-state index < -0.39 is 10.9 Å². The third kappa shape index (κ3) is 3.36. The number of benzene rings is 2. The van der Waals surface area contributed by atoms with Crippen LogP contribution in [0.5, 0.6) is 5.75 Å². The van der Waals surface area contributed by atoms with Crippen LogP contribution < -0.4 is 4.74 Å². The molecular weight excluding hydrogens is 278 g/mol. The fraction of sp³-hybridized carbons (Fsp3) is 0.0714. The second-order valence-electron chi connectivity index (χ2n) is 3.87. The first kappa shape index (κ1) is 14.1. The number of rotatable bonds is 4. The van der Waals surface area contributed by atoms with Gasteiger partial charge in [0.25, 0.3) is 5.69 Å². The fourth-order valence-electron chi connectivity index (χ4n) is 1.56. The molecule has 0 saturated carbocycles. The van der Waals surface area contributed by atoms with Gasteiger partial charge in [0, 0.05) is 17.0 Å². The van der Waals surface area contributed by atoms with Crippen LogP contribution in [0.1, 0.15) is 10.4 Å². The van der Waals surface area contributed by atoms with Gasteiger partial charge in [-0.05, 0) is 36.6 Å². The van der Waals surface area contributed by atoms with E-state index in [4.69, 9.17) is 4.74 Å². The third-order valence-electron chi connectivity index (χ3n) is 2.56. The summed E-state index contributed by atoms with van der Waals surface area (Å²) in [6.07, 6.45) is 1.95. The minimum atomic E-state index is -0.620. The number of hydrogen-bond acceptors (Lipinski definition) is 5. The zero-order valence-corrected chi connectivity index (χ0v) is 11.4. The van der Waals surface area contributed by atoms with E-state index in [-0.39, 0.29) is 11.3 Å². The van der Waals surface area contributed by atoms with Crippen molar-refractivity contribution in [3.8, 4) is 5.75 Å². The van der Waals surface area contributed by atoms with E-state index in [1.54, 1.807) is 23.9 Å². The molecule has 0 aliphatic heterocycles. The fourth-order valence-corrected chi connectivity index (χ4v) is 1.96. The third-order valence-corrected chi connectivity index (χ3v) is 3.31. The van der Waals surface area contributed by atoms with Gasteiger partial charge in [0.1, 0.15) is 5.75 Å². The van der Waals surface area contributed by atoms with Crippen LogP contribution in [0.2, 0.25) is 0 Å². The number of hydrogen-bond donors (Lipinski definition) is 0. The molecule has 0 bridgehead atoms. The first-order valence-electron chi connectivity index (χ1n) is 5.71. The van der Waals surface area contributed by atoms with Crippen molar-refractivity contribution in [2.75, 3.05) is 6.26 Å². The van der Waals surface area contributed by atoms with Crippen LogP contribution in [0, 0.1) is 10.1 Å². The topological polar surface area (TPSA) is 69.4 Å². The molecule has 2 aromatic carbocycles. The van der Waals surface area contributed by atoms with Crippen molar-refractivity contribution >= 4 is 23.4 Å². The molecule has 0 aromatic heterocycles. The molecule has 20 heavy (non-hydrogen) atoms. The molecule has 5 nitrogen and oxygen atoms in total. The van der Waals surface area contributed by atoms with Crippen molar-refractivity contribution < 1.29 is 14.5 Å². The lowest BCUT2D eigenvalue weighted by molar-refractivity contribution is -0.384. The summed E-state index contributed by atoms with van der Waals surface area (Å²) in [5.41, 5.74) is 0.00493. The summed E-state index contributed by atoms with van der Waals surface area (Å²) >= 11 is 1.58. The molecule has 102 valence electrons. The maximum atomic E-state index is 11.9. The van der Waals surface area contributed by atoms with E-state index in [1.165, 1.54) is 24.3 Å². The van der Waals surface area contributed by atoms with Crippen LogP contribution in [0.3, 0.4) is 0 Å². The van der Waals surface area contributed by atoms with Crippen molar-refractivity contribution in [3.63, 3.8) is 0 Å². The highest BCUT2D eigenvalue weighted by molar-refractivity contribution is 7.98. The predicted octanol–water partition coefficient (Wildman–Crippen LogP) is 3.54. The minimum absolute atomic E-state index is 0.141. The number of nitro groups is 1. The molecule has 0 amide bonds. The van der Waals surface area contributed by atoms with Crippen LogP contribution in [-0.2, 0) is 0 Å². The largest absolute Gasteiger partial charge is 0.423 e. The molecular formula is C14H11NO4S. The van der Waals surface area contributed by atoms with Crippen LogP contribution in [-0.4, -0.2) is 17.1 Å². The Labute approximate surface area is 119 Å². The zero-order chi connectivity index (χ0) is 14.5. The summed E-state index contributed by atoms with van der Waals surface area (Å²) in [6, 6.07) is 12.5. The van der Waals surface area contributed by atoms with E-state index >= 15 is 0 Å². The molecule has 2 aromatic rings. The first-order chi connectivity index (χ1) is 9.60. The molecule has 0 saturated heterocycles. The molecule has 0 heterocycles. The second kappa shape index (κ2) is 6.21. The molecule has 0 atom stereocenters. The number of thioether (sulfide) groups is 1. The summed E-state index contributed by atoms with van der Waals surface area (Å²) in [5, 5.41) is 10.7. The number of carbonyl (C=O) groups excluding carboxylic acids is 1. The number of nitro benzene ring substituents is 1. The Bertz CT molecular complexity index is 640. The van der Waals surface area contributed by atoms with Gasteiger partial charge >= 0.3 is 5.97 Å². The Kier molecular flexibility index (Phi) is 4.37. The normalized spacial score (nSPS) is 10.1. The molecule has 2 rings (SSSR count). The summed E-state index contributed by atoms with van der Waals surface area (Å²) in [7, 11) is 0. The molecule has 0 aliphatic rings. The van der Waals surface area contributed by atoms with Gasteiger partial charge in [-0.1, -0.05) is 6.07 Å². The number of ether oxygens (including phenoxy) is 1. The summed E-state index contributed by atoms with van der Waals surface area (Å²) in [4.78, 5) is 23.1. The highest BCUT2D eigenvalue weighted by Crippen LogP contribution is 2.20. The average Bonchev–Trinajstić information content (AvgIpc) is 2.48. The van der Waals surface area contributed by atoms with Gasteiger partial charge < -0.3 is 4.74 Å². The van der Waals surface area contributed by atoms with Gasteiger partial charge in [0.05, 0.1) is 10.5 Å².